The lowest BCUT2D eigenvalue weighted by molar-refractivity contribution is -0.122. The maximum Gasteiger partial charge on any atom is 0.150 e. The summed E-state index contributed by atoms with van der Waals surface area (Å²) in [6.07, 6.45) is 0.296. The van der Waals surface area contributed by atoms with E-state index in [0.29, 0.717) is 13.2 Å². The van der Waals surface area contributed by atoms with Gasteiger partial charge in [0, 0.05) is 6.54 Å². The Kier molecular flexibility index (Phi) is 3.08. The molecule has 1 heterocycles. The Morgan fingerprint density at radius 2 is 2.13 bits per heavy atom. The van der Waals surface area contributed by atoms with E-state index in [1.807, 2.05) is 0 Å². The van der Waals surface area contributed by atoms with Gasteiger partial charge in [-0.2, -0.15) is 0 Å². The second-order valence-corrected chi connectivity index (χ2v) is 3.45. The summed E-state index contributed by atoms with van der Waals surface area (Å²) in [6, 6.07) is 5.92. The highest BCUT2D eigenvalue weighted by Crippen LogP contribution is 2.20. The van der Waals surface area contributed by atoms with Crippen LogP contribution in [0, 0.1) is 5.82 Å². The Morgan fingerprint density at radius 3 is 2.80 bits per heavy atom. The lowest BCUT2D eigenvalue weighted by Crippen LogP contribution is -2.42. The van der Waals surface area contributed by atoms with Gasteiger partial charge in [-0.3, -0.25) is 0 Å². The SMILES string of the molecule is O=CC1OCCNC1c1ccc(F)cc1. The van der Waals surface area contributed by atoms with E-state index in [-0.39, 0.29) is 11.9 Å². The summed E-state index contributed by atoms with van der Waals surface area (Å²) >= 11 is 0. The summed E-state index contributed by atoms with van der Waals surface area (Å²) in [7, 11) is 0. The van der Waals surface area contributed by atoms with Gasteiger partial charge in [-0.15, -0.1) is 0 Å². The van der Waals surface area contributed by atoms with Crippen molar-refractivity contribution in [2.45, 2.75) is 12.1 Å². The molecule has 1 aliphatic heterocycles. The van der Waals surface area contributed by atoms with Crippen molar-refractivity contribution in [1.29, 1.82) is 0 Å². The molecule has 0 aromatic heterocycles. The third-order valence-corrected chi connectivity index (χ3v) is 2.47. The molecule has 0 amide bonds. The first-order valence-corrected chi connectivity index (χ1v) is 4.87. The maximum absolute atomic E-state index is 12.7. The van der Waals surface area contributed by atoms with Crippen LogP contribution in [0.25, 0.3) is 0 Å². The quantitative estimate of drug-likeness (QED) is 0.740. The molecular weight excluding hydrogens is 197 g/mol. The number of morpholine rings is 1. The number of ether oxygens (including phenoxy) is 1. The van der Waals surface area contributed by atoms with Gasteiger partial charge in [-0.1, -0.05) is 12.1 Å². The Balaban J connectivity index is 2.20. The Bertz CT molecular complexity index is 339. The van der Waals surface area contributed by atoms with Crippen LogP contribution in [0.15, 0.2) is 24.3 Å². The molecule has 1 aliphatic rings. The van der Waals surface area contributed by atoms with Crippen LogP contribution in [0.3, 0.4) is 0 Å². The topological polar surface area (TPSA) is 38.3 Å². The van der Waals surface area contributed by atoms with Gasteiger partial charge in [0.1, 0.15) is 11.9 Å². The van der Waals surface area contributed by atoms with Crippen molar-refractivity contribution in [1.82, 2.24) is 5.32 Å². The van der Waals surface area contributed by atoms with Crippen molar-refractivity contribution >= 4 is 6.29 Å². The van der Waals surface area contributed by atoms with E-state index in [1.54, 1.807) is 12.1 Å². The van der Waals surface area contributed by atoms with Gasteiger partial charge in [0.2, 0.25) is 0 Å². The third kappa shape index (κ3) is 2.22. The Hall–Kier alpha value is -1.26. The molecule has 0 spiro atoms. The highest BCUT2D eigenvalue weighted by atomic mass is 19.1. The molecule has 4 heteroatoms. The van der Waals surface area contributed by atoms with Crippen molar-refractivity contribution in [3.05, 3.63) is 35.6 Å². The van der Waals surface area contributed by atoms with E-state index >= 15 is 0 Å². The minimum atomic E-state index is -0.482. The molecule has 80 valence electrons. The number of nitrogens with one attached hydrogen (secondary N) is 1. The van der Waals surface area contributed by atoms with Crippen molar-refractivity contribution in [3.8, 4) is 0 Å². The first-order chi connectivity index (χ1) is 7.31. The zero-order chi connectivity index (χ0) is 10.7. The van der Waals surface area contributed by atoms with E-state index in [9.17, 15) is 9.18 Å². The minimum absolute atomic E-state index is 0.170. The standard InChI is InChI=1S/C11H12FNO2/c12-9-3-1-8(2-4-9)11-10(7-14)15-6-5-13-11/h1-4,7,10-11,13H,5-6H2. The summed E-state index contributed by atoms with van der Waals surface area (Å²) in [5, 5.41) is 3.18. The lowest BCUT2D eigenvalue weighted by atomic mass is 10.0. The molecule has 2 atom stereocenters. The van der Waals surface area contributed by atoms with Gasteiger partial charge in [-0.25, -0.2) is 4.39 Å². The number of carbonyl (C=O) groups excluding carboxylic acids is 1. The highest BCUT2D eigenvalue weighted by molar-refractivity contribution is 5.58. The first-order valence-electron chi connectivity index (χ1n) is 4.87. The molecule has 1 aromatic rings. The smallest absolute Gasteiger partial charge is 0.150 e. The molecule has 0 aliphatic carbocycles. The number of aldehydes is 1. The summed E-state index contributed by atoms with van der Waals surface area (Å²) in [5.41, 5.74) is 0.869. The van der Waals surface area contributed by atoms with Crippen LogP contribution >= 0.6 is 0 Å². The maximum atomic E-state index is 12.7. The normalized spacial score (nSPS) is 26.2. The summed E-state index contributed by atoms with van der Waals surface area (Å²) in [5.74, 6) is -0.280. The fourth-order valence-corrected chi connectivity index (χ4v) is 1.72. The molecule has 15 heavy (non-hydrogen) atoms. The number of hydrogen-bond acceptors (Lipinski definition) is 3. The number of carbonyl (C=O) groups is 1. The number of benzene rings is 1. The van der Waals surface area contributed by atoms with Crippen LogP contribution in [0.5, 0.6) is 0 Å². The lowest BCUT2D eigenvalue weighted by Gasteiger charge is -2.29. The molecule has 0 radical (unpaired) electrons. The van der Waals surface area contributed by atoms with Gasteiger partial charge < -0.3 is 14.8 Å². The van der Waals surface area contributed by atoms with Gasteiger partial charge in [0.05, 0.1) is 12.6 Å². The molecule has 3 nitrogen and oxygen atoms in total. The number of hydrogen-bond donors (Lipinski definition) is 1. The van der Waals surface area contributed by atoms with Gasteiger partial charge in [0.25, 0.3) is 0 Å². The van der Waals surface area contributed by atoms with Gasteiger partial charge in [-0.05, 0) is 17.7 Å². The van der Waals surface area contributed by atoms with Crippen molar-refractivity contribution in [3.63, 3.8) is 0 Å². The van der Waals surface area contributed by atoms with Crippen molar-refractivity contribution < 1.29 is 13.9 Å². The van der Waals surface area contributed by atoms with Crippen LogP contribution in [0.2, 0.25) is 0 Å². The van der Waals surface area contributed by atoms with E-state index in [1.165, 1.54) is 12.1 Å². The zero-order valence-electron chi connectivity index (χ0n) is 8.15. The fraction of sp³-hybridized carbons (Fsp3) is 0.364. The second kappa shape index (κ2) is 4.51. The number of rotatable bonds is 2. The predicted octanol–water partition coefficient (Wildman–Crippen LogP) is 1.05. The van der Waals surface area contributed by atoms with E-state index in [2.05, 4.69) is 5.32 Å². The molecule has 0 saturated carbocycles. The van der Waals surface area contributed by atoms with Crippen LogP contribution in [-0.2, 0) is 9.53 Å². The molecule has 2 rings (SSSR count). The fourth-order valence-electron chi connectivity index (χ4n) is 1.72. The van der Waals surface area contributed by atoms with Crippen LogP contribution < -0.4 is 5.32 Å². The highest BCUT2D eigenvalue weighted by Gasteiger charge is 2.26. The predicted molar refractivity (Wildman–Crippen MR) is 52.9 cm³/mol. The van der Waals surface area contributed by atoms with Crippen LogP contribution in [0.4, 0.5) is 4.39 Å². The monoisotopic (exact) mass is 209 g/mol. The molecule has 2 unspecified atom stereocenters. The molecule has 1 saturated heterocycles. The van der Waals surface area contributed by atoms with Crippen molar-refractivity contribution in [2.75, 3.05) is 13.2 Å². The van der Waals surface area contributed by atoms with Crippen LogP contribution in [-0.4, -0.2) is 25.5 Å². The van der Waals surface area contributed by atoms with Crippen LogP contribution in [0.1, 0.15) is 11.6 Å². The minimum Gasteiger partial charge on any atom is -0.367 e. The van der Waals surface area contributed by atoms with E-state index in [0.717, 1.165) is 11.8 Å². The van der Waals surface area contributed by atoms with Gasteiger partial charge in [0.15, 0.2) is 6.29 Å². The van der Waals surface area contributed by atoms with Crippen molar-refractivity contribution in [2.24, 2.45) is 0 Å². The first kappa shape index (κ1) is 10.3. The number of halogens is 1. The molecule has 1 aromatic carbocycles. The largest absolute Gasteiger partial charge is 0.367 e. The molecular formula is C11H12FNO2. The average molecular weight is 209 g/mol. The third-order valence-electron chi connectivity index (χ3n) is 2.47. The zero-order valence-corrected chi connectivity index (χ0v) is 8.15. The second-order valence-electron chi connectivity index (χ2n) is 3.45. The Labute approximate surface area is 87.2 Å². The van der Waals surface area contributed by atoms with Gasteiger partial charge >= 0.3 is 0 Å². The molecule has 1 N–H and O–H groups in total. The average Bonchev–Trinajstić information content (AvgIpc) is 2.30. The van der Waals surface area contributed by atoms with E-state index in [4.69, 9.17) is 4.74 Å². The van der Waals surface area contributed by atoms with E-state index < -0.39 is 6.10 Å². The Morgan fingerprint density at radius 1 is 1.40 bits per heavy atom. The summed E-state index contributed by atoms with van der Waals surface area (Å²) < 4.78 is 18.0. The molecule has 0 bridgehead atoms. The molecule has 1 fully saturated rings. The summed E-state index contributed by atoms with van der Waals surface area (Å²) in [6.45, 7) is 1.23. The summed E-state index contributed by atoms with van der Waals surface area (Å²) in [4.78, 5) is 10.8.